The fourth-order valence-corrected chi connectivity index (χ4v) is 2.45. The second-order valence-electron chi connectivity index (χ2n) is 6.14. The Morgan fingerprint density at radius 2 is 2.00 bits per heavy atom. The van der Waals surface area contributed by atoms with Crippen molar-refractivity contribution in [2.45, 2.75) is 45.3 Å². The van der Waals surface area contributed by atoms with Crippen LogP contribution >= 0.6 is 0 Å². The van der Waals surface area contributed by atoms with E-state index in [0.29, 0.717) is 5.56 Å². The number of fused-ring (bicyclic) bond motifs is 1. The molecule has 2 rings (SSSR count). The zero-order chi connectivity index (χ0) is 15.6. The predicted molar refractivity (Wildman–Crippen MR) is 78.2 cm³/mol. The molecule has 1 aromatic rings. The summed E-state index contributed by atoms with van der Waals surface area (Å²) in [5, 5.41) is 2.86. The Labute approximate surface area is 124 Å². The number of amides is 1. The lowest BCUT2D eigenvalue weighted by Gasteiger charge is -2.22. The van der Waals surface area contributed by atoms with Gasteiger partial charge in [-0.05, 0) is 56.9 Å². The molecular weight excluding hydrogens is 270 g/mol. The number of hydrogen-bond acceptors (Lipinski definition) is 4. The highest BCUT2D eigenvalue weighted by Crippen LogP contribution is 2.32. The molecule has 0 bridgehead atoms. The molecule has 1 atom stereocenters. The van der Waals surface area contributed by atoms with Crippen molar-refractivity contribution < 1.29 is 19.1 Å². The third kappa shape index (κ3) is 3.74. The summed E-state index contributed by atoms with van der Waals surface area (Å²) in [6.07, 6.45) is 1.24. The first-order valence-electron chi connectivity index (χ1n) is 7.01. The van der Waals surface area contributed by atoms with Gasteiger partial charge in [0.1, 0.15) is 5.60 Å². The summed E-state index contributed by atoms with van der Waals surface area (Å²) in [4.78, 5) is 23.5. The Bertz CT molecular complexity index is 560. The topological polar surface area (TPSA) is 64.6 Å². The van der Waals surface area contributed by atoms with Crippen LogP contribution in [0, 0.1) is 0 Å². The average molecular weight is 291 g/mol. The fourth-order valence-electron chi connectivity index (χ4n) is 2.45. The van der Waals surface area contributed by atoms with E-state index in [9.17, 15) is 9.59 Å². The molecule has 21 heavy (non-hydrogen) atoms. The second kappa shape index (κ2) is 5.76. The normalized spacial score (nSPS) is 17.0. The second-order valence-corrected chi connectivity index (χ2v) is 6.14. The minimum absolute atomic E-state index is 0.126. The van der Waals surface area contributed by atoms with Gasteiger partial charge in [0.05, 0.1) is 18.7 Å². The standard InChI is InChI=1S/C16H21NO4/c1-16(2,3)21-15(19)17-13-8-7-10-5-6-11(9-12(10)13)14(18)20-4/h5-6,9,13H,7-8H2,1-4H3,(H,17,19). The van der Waals surface area contributed by atoms with E-state index in [0.717, 1.165) is 24.0 Å². The van der Waals surface area contributed by atoms with Crippen LogP contribution in [0.2, 0.25) is 0 Å². The SMILES string of the molecule is COC(=O)c1ccc2c(c1)C(NC(=O)OC(C)(C)C)CC2. The number of esters is 1. The van der Waals surface area contributed by atoms with E-state index in [4.69, 9.17) is 9.47 Å². The molecule has 5 heteroatoms. The molecular formula is C16H21NO4. The van der Waals surface area contributed by atoms with E-state index < -0.39 is 11.7 Å². The lowest BCUT2D eigenvalue weighted by atomic mass is 10.0. The Kier molecular flexibility index (Phi) is 4.21. The van der Waals surface area contributed by atoms with Crippen LogP contribution in [0.25, 0.3) is 0 Å². The summed E-state index contributed by atoms with van der Waals surface area (Å²) < 4.78 is 10.00. The maximum absolute atomic E-state index is 11.9. The van der Waals surface area contributed by atoms with Crippen molar-refractivity contribution in [3.05, 3.63) is 34.9 Å². The monoisotopic (exact) mass is 291 g/mol. The van der Waals surface area contributed by atoms with E-state index in [1.54, 1.807) is 12.1 Å². The summed E-state index contributed by atoms with van der Waals surface area (Å²) >= 11 is 0. The molecule has 0 saturated carbocycles. The van der Waals surface area contributed by atoms with E-state index in [1.165, 1.54) is 7.11 Å². The molecule has 0 spiro atoms. The van der Waals surface area contributed by atoms with Crippen LogP contribution in [0.3, 0.4) is 0 Å². The number of carbonyl (C=O) groups is 2. The number of nitrogens with one attached hydrogen (secondary N) is 1. The van der Waals surface area contributed by atoms with E-state index >= 15 is 0 Å². The molecule has 1 amide bonds. The highest BCUT2D eigenvalue weighted by molar-refractivity contribution is 5.89. The van der Waals surface area contributed by atoms with Gasteiger partial charge in [-0.25, -0.2) is 9.59 Å². The third-order valence-corrected chi connectivity index (χ3v) is 3.34. The first kappa shape index (κ1) is 15.4. The lowest BCUT2D eigenvalue weighted by Crippen LogP contribution is -2.34. The van der Waals surface area contributed by atoms with Gasteiger partial charge in [0.25, 0.3) is 0 Å². The van der Waals surface area contributed by atoms with Crippen LogP contribution in [0.4, 0.5) is 4.79 Å². The molecule has 0 radical (unpaired) electrons. The van der Waals surface area contributed by atoms with Crippen molar-refractivity contribution in [2.24, 2.45) is 0 Å². The summed E-state index contributed by atoms with van der Waals surface area (Å²) in [5.41, 5.74) is 2.07. The van der Waals surface area contributed by atoms with Gasteiger partial charge in [0.2, 0.25) is 0 Å². The number of aryl methyl sites for hydroxylation is 1. The maximum Gasteiger partial charge on any atom is 0.408 e. The van der Waals surface area contributed by atoms with Gasteiger partial charge in [-0.2, -0.15) is 0 Å². The smallest absolute Gasteiger partial charge is 0.408 e. The largest absolute Gasteiger partial charge is 0.465 e. The average Bonchev–Trinajstić information content (AvgIpc) is 2.78. The van der Waals surface area contributed by atoms with Crippen LogP contribution in [0.1, 0.15) is 54.7 Å². The predicted octanol–water partition coefficient (Wildman–Crippen LogP) is 2.99. The van der Waals surface area contributed by atoms with E-state index in [1.807, 2.05) is 26.8 Å². The van der Waals surface area contributed by atoms with Gasteiger partial charge in [-0.1, -0.05) is 6.07 Å². The molecule has 1 N–H and O–H groups in total. The van der Waals surface area contributed by atoms with E-state index in [2.05, 4.69) is 5.32 Å². The molecule has 1 aliphatic carbocycles. The van der Waals surface area contributed by atoms with Gasteiger partial charge in [-0.3, -0.25) is 0 Å². The van der Waals surface area contributed by atoms with Crippen LogP contribution in [0.15, 0.2) is 18.2 Å². The van der Waals surface area contributed by atoms with Crippen molar-refractivity contribution in [2.75, 3.05) is 7.11 Å². The van der Waals surface area contributed by atoms with Gasteiger partial charge in [0.15, 0.2) is 0 Å². The zero-order valence-corrected chi connectivity index (χ0v) is 12.9. The summed E-state index contributed by atoms with van der Waals surface area (Å²) in [5.74, 6) is -0.374. The molecule has 1 aliphatic rings. The Hall–Kier alpha value is -2.04. The van der Waals surface area contributed by atoms with Crippen LogP contribution in [-0.4, -0.2) is 24.8 Å². The van der Waals surface area contributed by atoms with E-state index in [-0.39, 0.29) is 12.0 Å². The summed E-state index contributed by atoms with van der Waals surface area (Å²) in [6.45, 7) is 5.47. The molecule has 0 saturated heterocycles. The van der Waals surface area contributed by atoms with Crippen molar-refractivity contribution in [1.29, 1.82) is 0 Å². The Morgan fingerprint density at radius 1 is 1.29 bits per heavy atom. The number of methoxy groups -OCH3 is 1. The van der Waals surface area contributed by atoms with Crippen LogP contribution in [-0.2, 0) is 15.9 Å². The minimum Gasteiger partial charge on any atom is -0.465 e. The Balaban J connectivity index is 2.13. The van der Waals surface area contributed by atoms with Crippen LogP contribution in [0.5, 0.6) is 0 Å². The lowest BCUT2D eigenvalue weighted by molar-refractivity contribution is 0.0503. The third-order valence-electron chi connectivity index (χ3n) is 3.34. The van der Waals surface area contributed by atoms with Crippen molar-refractivity contribution in [3.8, 4) is 0 Å². The van der Waals surface area contributed by atoms with Crippen LogP contribution < -0.4 is 5.32 Å². The zero-order valence-electron chi connectivity index (χ0n) is 12.9. The van der Waals surface area contributed by atoms with Gasteiger partial charge < -0.3 is 14.8 Å². The molecule has 0 aromatic heterocycles. The Morgan fingerprint density at radius 3 is 2.62 bits per heavy atom. The molecule has 1 unspecified atom stereocenters. The minimum atomic E-state index is -0.528. The van der Waals surface area contributed by atoms with Gasteiger partial charge in [-0.15, -0.1) is 0 Å². The first-order chi connectivity index (χ1) is 9.80. The van der Waals surface area contributed by atoms with Crippen molar-refractivity contribution >= 4 is 12.1 Å². The number of ether oxygens (including phenoxy) is 2. The first-order valence-corrected chi connectivity index (χ1v) is 7.01. The van der Waals surface area contributed by atoms with Crippen molar-refractivity contribution in [3.63, 3.8) is 0 Å². The quantitative estimate of drug-likeness (QED) is 0.851. The van der Waals surface area contributed by atoms with Gasteiger partial charge in [0, 0.05) is 0 Å². The number of benzene rings is 1. The number of rotatable bonds is 2. The highest BCUT2D eigenvalue weighted by atomic mass is 16.6. The fraction of sp³-hybridized carbons (Fsp3) is 0.500. The number of carbonyl (C=O) groups excluding carboxylic acids is 2. The summed E-state index contributed by atoms with van der Waals surface area (Å²) in [6, 6.07) is 5.33. The van der Waals surface area contributed by atoms with Crippen molar-refractivity contribution in [1.82, 2.24) is 5.32 Å². The molecule has 114 valence electrons. The molecule has 0 fully saturated rings. The molecule has 1 aromatic carbocycles. The number of alkyl carbamates (subject to hydrolysis) is 1. The highest BCUT2D eigenvalue weighted by Gasteiger charge is 2.27. The number of hydrogen-bond donors (Lipinski definition) is 1. The molecule has 5 nitrogen and oxygen atoms in total. The molecule has 0 heterocycles. The maximum atomic E-state index is 11.9. The summed E-state index contributed by atoms with van der Waals surface area (Å²) in [7, 11) is 1.35. The van der Waals surface area contributed by atoms with Gasteiger partial charge >= 0.3 is 12.1 Å². The molecule has 0 aliphatic heterocycles.